The molecular weight excluding hydrogens is 340 g/mol. The van der Waals surface area contributed by atoms with Crippen LogP contribution in [0, 0.1) is 0 Å². The largest absolute Gasteiger partial charge is 0.341 e. The van der Waals surface area contributed by atoms with E-state index in [1.54, 1.807) is 15.8 Å². The summed E-state index contributed by atoms with van der Waals surface area (Å²) in [5.41, 5.74) is 2.92. The van der Waals surface area contributed by atoms with Crippen molar-refractivity contribution in [1.29, 1.82) is 0 Å². The first-order valence-electron chi connectivity index (χ1n) is 8.58. The molecule has 0 saturated carbocycles. The average molecular weight is 358 g/mol. The zero-order chi connectivity index (χ0) is 18.6. The molecule has 0 aliphatic heterocycles. The summed E-state index contributed by atoms with van der Waals surface area (Å²) in [4.78, 5) is 18.6. The summed E-state index contributed by atoms with van der Waals surface area (Å²) < 4.78 is 1.58. The minimum Gasteiger partial charge on any atom is -0.341 e. The lowest BCUT2D eigenvalue weighted by Gasteiger charge is -2.18. The molecule has 4 aromatic rings. The van der Waals surface area contributed by atoms with E-state index in [1.165, 1.54) is 6.33 Å². The van der Waals surface area contributed by atoms with Crippen LogP contribution < -0.4 is 0 Å². The first-order chi connectivity index (χ1) is 13.2. The molecule has 0 N–H and O–H groups in total. The van der Waals surface area contributed by atoms with Crippen LogP contribution in [-0.2, 0) is 17.8 Å². The molecule has 4 rings (SSSR count). The number of pyridine rings is 1. The highest BCUT2D eigenvalue weighted by Gasteiger charge is 2.12. The Bertz CT molecular complexity index is 1050. The van der Waals surface area contributed by atoms with Gasteiger partial charge in [0.05, 0.1) is 12.1 Å². The molecule has 0 radical (unpaired) electrons. The average Bonchev–Trinajstić information content (AvgIpc) is 3.23. The Kier molecular flexibility index (Phi) is 4.57. The topological polar surface area (TPSA) is 76.8 Å². The first kappa shape index (κ1) is 16.8. The van der Waals surface area contributed by atoms with Crippen LogP contribution in [-0.4, -0.2) is 43.0 Å². The first-order valence-corrected chi connectivity index (χ1v) is 8.58. The number of tetrazole rings is 1. The van der Waals surface area contributed by atoms with Crippen molar-refractivity contribution in [2.75, 3.05) is 7.05 Å². The van der Waals surface area contributed by atoms with Gasteiger partial charge < -0.3 is 4.90 Å². The van der Waals surface area contributed by atoms with E-state index in [4.69, 9.17) is 0 Å². The van der Waals surface area contributed by atoms with Crippen molar-refractivity contribution in [3.8, 4) is 5.69 Å². The smallest absolute Gasteiger partial charge is 0.227 e. The Hall–Kier alpha value is -3.61. The summed E-state index contributed by atoms with van der Waals surface area (Å²) in [5.74, 6) is 0.0660. The second-order valence-electron chi connectivity index (χ2n) is 6.36. The predicted octanol–water partition coefficient (Wildman–Crippen LogP) is 2.41. The predicted molar refractivity (Wildman–Crippen MR) is 101 cm³/mol. The van der Waals surface area contributed by atoms with Gasteiger partial charge in [0, 0.05) is 31.4 Å². The van der Waals surface area contributed by atoms with Crippen LogP contribution in [0.15, 0.2) is 67.3 Å². The van der Waals surface area contributed by atoms with Crippen LogP contribution in [0.2, 0.25) is 0 Å². The molecule has 134 valence electrons. The molecule has 7 heteroatoms. The molecule has 1 amide bonds. The number of hydrogen-bond donors (Lipinski definition) is 0. The van der Waals surface area contributed by atoms with E-state index in [9.17, 15) is 4.79 Å². The highest BCUT2D eigenvalue weighted by atomic mass is 16.2. The summed E-state index contributed by atoms with van der Waals surface area (Å²) in [5, 5.41) is 13.3. The molecule has 27 heavy (non-hydrogen) atoms. The van der Waals surface area contributed by atoms with Gasteiger partial charge in [-0.15, -0.1) is 5.10 Å². The van der Waals surface area contributed by atoms with Crippen LogP contribution in [0.1, 0.15) is 11.1 Å². The fourth-order valence-electron chi connectivity index (χ4n) is 3.03. The lowest BCUT2D eigenvalue weighted by atomic mass is 10.1. The highest BCUT2D eigenvalue weighted by Crippen LogP contribution is 2.19. The van der Waals surface area contributed by atoms with Crippen molar-refractivity contribution in [2.45, 2.75) is 13.0 Å². The van der Waals surface area contributed by atoms with E-state index in [2.05, 4.69) is 20.5 Å². The standard InChI is InChI=1S/C20H18N6O/c1-25(13-17-4-2-3-16-12-21-10-9-19(16)17)20(27)11-15-5-7-18(8-6-15)26-14-22-23-24-26/h2-10,12,14H,11,13H2,1H3. The quantitative estimate of drug-likeness (QED) is 0.547. The van der Waals surface area contributed by atoms with Gasteiger partial charge in [-0.25, -0.2) is 4.68 Å². The molecule has 0 spiro atoms. The SMILES string of the molecule is CN(Cc1cccc2cnccc12)C(=O)Cc1ccc(-n2cnnn2)cc1. The maximum atomic E-state index is 12.6. The summed E-state index contributed by atoms with van der Waals surface area (Å²) in [7, 11) is 1.83. The summed E-state index contributed by atoms with van der Waals surface area (Å²) in [6.07, 6.45) is 5.50. The van der Waals surface area contributed by atoms with Gasteiger partial charge in [-0.1, -0.05) is 30.3 Å². The van der Waals surface area contributed by atoms with Crippen LogP contribution in [0.4, 0.5) is 0 Å². The lowest BCUT2D eigenvalue weighted by molar-refractivity contribution is -0.129. The van der Waals surface area contributed by atoms with Gasteiger partial charge >= 0.3 is 0 Å². The van der Waals surface area contributed by atoms with Crippen molar-refractivity contribution in [3.05, 3.63) is 78.4 Å². The van der Waals surface area contributed by atoms with E-state index >= 15 is 0 Å². The molecule has 0 aliphatic rings. The monoisotopic (exact) mass is 358 g/mol. The number of fused-ring (bicyclic) bond motifs is 1. The fraction of sp³-hybridized carbons (Fsp3) is 0.150. The van der Waals surface area contributed by atoms with Gasteiger partial charge in [0.1, 0.15) is 6.33 Å². The third-order valence-electron chi connectivity index (χ3n) is 4.51. The third kappa shape index (κ3) is 3.67. The molecule has 0 atom stereocenters. The normalized spacial score (nSPS) is 10.9. The summed E-state index contributed by atoms with van der Waals surface area (Å²) >= 11 is 0. The molecule has 0 bridgehead atoms. The second-order valence-corrected chi connectivity index (χ2v) is 6.36. The van der Waals surface area contributed by atoms with E-state index < -0.39 is 0 Å². The number of carbonyl (C=O) groups is 1. The molecule has 2 aromatic heterocycles. The van der Waals surface area contributed by atoms with Crippen LogP contribution >= 0.6 is 0 Å². The van der Waals surface area contributed by atoms with E-state index in [0.717, 1.165) is 27.6 Å². The molecule has 0 aliphatic carbocycles. The molecule has 7 nitrogen and oxygen atoms in total. The molecule has 0 saturated heterocycles. The number of aromatic nitrogens is 5. The van der Waals surface area contributed by atoms with Gasteiger partial charge in [-0.2, -0.15) is 0 Å². The van der Waals surface area contributed by atoms with Crippen molar-refractivity contribution in [1.82, 2.24) is 30.1 Å². The van der Waals surface area contributed by atoms with Crippen LogP contribution in [0.25, 0.3) is 16.5 Å². The number of hydrogen-bond acceptors (Lipinski definition) is 5. The minimum absolute atomic E-state index is 0.0660. The van der Waals surface area contributed by atoms with Gasteiger partial charge in [0.2, 0.25) is 5.91 Å². The Labute approximate surface area is 156 Å². The van der Waals surface area contributed by atoms with Crippen LogP contribution in [0.3, 0.4) is 0 Å². The zero-order valence-electron chi connectivity index (χ0n) is 14.9. The molecular formula is C20H18N6O. The van der Waals surface area contributed by atoms with E-state index in [-0.39, 0.29) is 5.91 Å². The number of carbonyl (C=O) groups excluding carboxylic acids is 1. The number of likely N-dealkylation sites (N-methyl/N-ethyl adjacent to an activating group) is 1. The van der Waals surface area contributed by atoms with Gasteiger partial charge in [0.15, 0.2) is 0 Å². The van der Waals surface area contributed by atoms with Gasteiger partial charge in [0.25, 0.3) is 0 Å². The Morgan fingerprint density at radius 2 is 1.96 bits per heavy atom. The number of nitrogens with zero attached hydrogens (tertiary/aromatic N) is 6. The number of amides is 1. The number of benzene rings is 2. The summed E-state index contributed by atoms with van der Waals surface area (Å²) in [6.45, 7) is 0.558. The van der Waals surface area contributed by atoms with Gasteiger partial charge in [-0.05, 0) is 45.1 Å². The van der Waals surface area contributed by atoms with Crippen molar-refractivity contribution in [2.24, 2.45) is 0 Å². The van der Waals surface area contributed by atoms with Gasteiger partial charge in [-0.3, -0.25) is 9.78 Å². The lowest BCUT2D eigenvalue weighted by Crippen LogP contribution is -2.27. The highest BCUT2D eigenvalue weighted by molar-refractivity contribution is 5.85. The Balaban J connectivity index is 1.45. The maximum Gasteiger partial charge on any atom is 0.227 e. The molecule has 0 unspecified atom stereocenters. The van der Waals surface area contributed by atoms with E-state index in [1.807, 2.05) is 61.8 Å². The minimum atomic E-state index is 0.0660. The fourth-order valence-corrected chi connectivity index (χ4v) is 3.03. The van der Waals surface area contributed by atoms with Crippen molar-refractivity contribution >= 4 is 16.7 Å². The third-order valence-corrected chi connectivity index (χ3v) is 4.51. The summed E-state index contributed by atoms with van der Waals surface area (Å²) in [6, 6.07) is 15.7. The van der Waals surface area contributed by atoms with Crippen molar-refractivity contribution in [3.63, 3.8) is 0 Å². The Morgan fingerprint density at radius 3 is 2.74 bits per heavy atom. The van der Waals surface area contributed by atoms with Crippen LogP contribution in [0.5, 0.6) is 0 Å². The molecule has 2 aromatic carbocycles. The van der Waals surface area contributed by atoms with Crippen molar-refractivity contribution < 1.29 is 4.79 Å². The second kappa shape index (κ2) is 7.33. The molecule has 2 heterocycles. The molecule has 0 fully saturated rings. The Morgan fingerprint density at radius 1 is 1.11 bits per heavy atom. The number of rotatable bonds is 5. The zero-order valence-corrected chi connectivity index (χ0v) is 14.9. The maximum absolute atomic E-state index is 12.6. The van der Waals surface area contributed by atoms with E-state index in [0.29, 0.717) is 13.0 Å².